The van der Waals surface area contributed by atoms with Crippen molar-refractivity contribution in [3.8, 4) is 11.4 Å². The topological polar surface area (TPSA) is 217 Å². The number of hydrogen-bond donors (Lipinski definition) is 3. The average molecular weight is 935 g/mol. The van der Waals surface area contributed by atoms with Crippen LogP contribution in [0.5, 0.6) is 0 Å². The molecule has 0 radical (unpaired) electrons. The van der Waals surface area contributed by atoms with Gasteiger partial charge in [-0.2, -0.15) is 0 Å². The first-order chi connectivity index (χ1) is 31.8. The van der Waals surface area contributed by atoms with Crippen molar-refractivity contribution >= 4 is 36.1 Å². The number of carbonyl (C=O) groups excluding carboxylic acids is 5. The van der Waals surface area contributed by atoms with Gasteiger partial charge in [-0.15, -0.1) is 0 Å². The number of likely N-dealkylation sites (N-methyl/N-ethyl adjacent to an activating group) is 1. The lowest BCUT2D eigenvalue weighted by Gasteiger charge is -2.48. The second-order valence-electron chi connectivity index (χ2n) is 19.3. The quantitative estimate of drug-likeness (QED) is 0.191. The first-order valence-electron chi connectivity index (χ1n) is 23.6. The third-order valence-electron chi connectivity index (χ3n) is 14.0. The van der Waals surface area contributed by atoms with E-state index in [9.17, 15) is 29.1 Å². The van der Waals surface area contributed by atoms with Gasteiger partial charge in [-0.25, -0.2) is 24.4 Å². The number of aromatic nitrogens is 2. The number of aliphatic hydroxyl groups excluding tert-OH is 1. The van der Waals surface area contributed by atoms with Crippen LogP contribution in [0.4, 0.5) is 14.4 Å². The van der Waals surface area contributed by atoms with E-state index < -0.39 is 102 Å². The number of nitrogens with one attached hydrogen (secondary N) is 2. The fourth-order valence-corrected chi connectivity index (χ4v) is 10.3. The van der Waals surface area contributed by atoms with Gasteiger partial charge in [-0.3, -0.25) is 9.59 Å². The zero-order valence-electron chi connectivity index (χ0n) is 40.5. The van der Waals surface area contributed by atoms with Crippen molar-refractivity contribution in [2.24, 2.45) is 23.7 Å². The zero-order valence-corrected chi connectivity index (χ0v) is 40.5. The van der Waals surface area contributed by atoms with Crippen LogP contribution < -0.4 is 10.6 Å². The van der Waals surface area contributed by atoms with Gasteiger partial charge in [0, 0.05) is 61.4 Å². The second-order valence-corrected chi connectivity index (χ2v) is 19.3. The Morgan fingerprint density at radius 3 is 2.33 bits per heavy atom. The van der Waals surface area contributed by atoms with Crippen LogP contribution >= 0.6 is 0 Å². The van der Waals surface area contributed by atoms with Crippen molar-refractivity contribution in [1.29, 1.82) is 0 Å². The van der Waals surface area contributed by atoms with Crippen molar-refractivity contribution < 1.29 is 57.5 Å². The number of esters is 1. The monoisotopic (exact) mass is 935 g/mol. The molecule has 4 saturated heterocycles. The minimum atomic E-state index is -1.74. The highest BCUT2D eigenvalue weighted by atomic mass is 16.7. The Hall–Kier alpha value is -5.17. The summed E-state index contributed by atoms with van der Waals surface area (Å²) in [7, 11) is 3.69. The number of hydrogen-bond acceptors (Lipinski definition) is 15. The number of amides is 3. The van der Waals surface area contributed by atoms with E-state index in [4.69, 9.17) is 28.4 Å². The van der Waals surface area contributed by atoms with Crippen LogP contribution in [0.25, 0.3) is 17.5 Å². The van der Waals surface area contributed by atoms with Gasteiger partial charge < -0.3 is 54.0 Å². The Morgan fingerprint density at radius 1 is 1.01 bits per heavy atom. The highest BCUT2D eigenvalue weighted by Crippen LogP contribution is 2.42. The third-order valence-corrected chi connectivity index (χ3v) is 14.0. The van der Waals surface area contributed by atoms with E-state index in [1.54, 1.807) is 77.9 Å². The zero-order chi connectivity index (χ0) is 48.8. The summed E-state index contributed by atoms with van der Waals surface area (Å²) in [4.78, 5) is 82.4. The number of carbonyl (C=O) groups is 5. The van der Waals surface area contributed by atoms with Crippen LogP contribution in [0.2, 0.25) is 0 Å². The molecule has 1 aromatic heterocycles. The first-order valence-corrected chi connectivity index (χ1v) is 23.6. The third kappa shape index (κ3) is 11.8. The molecule has 3 N–H and O–H groups in total. The highest BCUT2D eigenvalue weighted by molar-refractivity contribution is 5.85. The number of fused-ring (bicyclic) bond motifs is 1. The minimum absolute atomic E-state index is 0.0506. The van der Waals surface area contributed by atoms with Crippen molar-refractivity contribution in [3.63, 3.8) is 0 Å². The Bertz CT molecular complexity index is 2070. The smallest absolute Gasteiger partial charge is 0.410 e. The number of aliphatic hydroxyl groups is 1. The Morgan fingerprint density at radius 2 is 1.69 bits per heavy atom. The van der Waals surface area contributed by atoms with E-state index in [-0.39, 0.29) is 31.3 Å². The summed E-state index contributed by atoms with van der Waals surface area (Å²) in [6.45, 7) is 14.6. The van der Waals surface area contributed by atoms with Gasteiger partial charge in [-0.1, -0.05) is 64.1 Å². The first kappa shape index (κ1) is 51.2. The molecule has 5 heterocycles. The molecule has 67 heavy (non-hydrogen) atoms. The van der Waals surface area contributed by atoms with Crippen LogP contribution in [0.1, 0.15) is 93.1 Å². The molecule has 18 nitrogen and oxygen atoms in total. The van der Waals surface area contributed by atoms with E-state index in [2.05, 4.69) is 20.6 Å². The molecule has 14 atom stereocenters. The molecule has 4 aliphatic heterocycles. The largest absolute Gasteiger partial charge is 0.458 e. The summed E-state index contributed by atoms with van der Waals surface area (Å²) < 4.78 is 38.1. The fraction of sp³-hybridized carbons (Fsp3) is 0.653. The van der Waals surface area contributed by atoms with Gasteiger partial charge in [0.1, 0.15) is 35.8 Å². The number of alkyl carbamates (subject to hydrolysis) is 2. The van der Waals surface area contributed by atoms with Gasteiger partial charge in [0.05, 0.1) is 18.1 Å². The standard InChI is InChI=1S/C49H70N6O12/c1-11-36-49(8)40(53-46(60)67-49)30(4)37(56)28(2)27-48(7,66-45(59)52-21-14-16-33-17-19-34(20-18-33)42-50-22-15-23-51-42)41(65-44-38(57)35(54(9)10)26-29(3)62-44)31(5)39(32(6)43(58)63-36)64-47(61)55-24-12-13-25-55/h14-20,22-23,28-32,35-36,38-41,44,57H,11-13,21,24-27H2,1-10H3,(H,52,59)(H,53,60)/t28-,29-,30+,31+,32-,35+,36-,38-,39+,40-,41-,44+,48-,49-/m1/s1. The number of benzene rings is 1. The number of ether oxygens (including phenoxy) is 6. The van der Waals surface area contributed by atoms with Gasteiger partial charge in [0.25, 0.3) is 0 Å². The molecular formula is C49H70N6O12. The number of nitrogens with zero attached hydrogens (tertiary/aromatic N) is 4. The normalized spacial score (nSPS) is 35.3. The lowest BCUT2D eigenvalue weighted by Crippen LogP contribution is -2.61. The van der Waals surface area contributed by atoms with E-state index in [0.29, 0.717) is 25.3 Å². The molecule has 0 saturated carbocycles. The molecule has 2 aromatic rings. The summed E-state index contributed by atoms with van der Waals surface area (Å²) in [5.41, 5.74) is -1.49. The second kappa shape index (κ2) is 21.8. The minimum Gasteiger partial charge on any atom is -0.458 e. The molecule has 0 bridgehead atoms. The van der Waals surface area contributed by atoms with Crippen molar-refractivity contribution in [3.05, 3.63) is 54.4 Å². The summed E-state index contributed by atoms with van der Waals surface area (Å²) in [5, 5.41) is 17.4. The van der Waals surface area contributed by atoms with Crippen LogP contribution in [0.15, 0.2) is 48.8 Å². The Balaban J connectivity index is 1.39. The number of rotatable bonds is 10. The lowest BCUT2D eigenvalue weighted by molar-refractivity contribution is -0.298. The van der Waals surface area contributed by atoms with Gasteiger partial charge >= 0.3 is 24.2 Å². The van der Waals surface area contributed by atoms with Crippen LogP contribution in [-0.4, -0.2) is 149 Å². The summed E-state index contributed by atoms with van der Waals surface area (Å²) in [6.07, 6.45) is 0.402. The van der Waals surface area contributed by atoms with E-state index >= 15 is 0 Å². The summed E-state index contributed by atoms with van der Waals surface area (Å²) in [5.74, 6) is -4.31. The van der Waals surface area contributed by atoms with Crippen molar-refractivity contribution in [1.82, 2.24) is 30.4 Å². The van der Waals surface area contributed by atoms with E-state index in [0.717, 1.165) is 24.0 Å². The van der Waals surface area contributed by atoms with Gasteiger partial charge in [0.2, 0.25) is 0 Å². The fourth-order valence-electron chi connectivity index (χ4n) is 10.3. The highest BCUT2D eigenvalue weighted by Gasteiger charge is 2.58. The van der Waals surface area contributed by atoms with Gasteiger partial charge in [0.15, 0.2) is 17.7 Å². The maximum Gasteiger partial charge on any atom is 0.410 e. The SMILES string of the molecule is CC[C@H]1OC(=O)[C@H](C)[C@@H](OC(=O)N2CCCC2)[C@H](C)[C@@H](O[C@@H]2O[C@H](C)C[C@H](N(C)C)[C@H]2O)[C@](C)(OC(=O)NCC=Cc2ccc(-c3ncccn3)cc2)C[C@@H](C)C(=O)[C@H](C)[C@H]2NC(=O)O[C@@]21C. The summed E-state index contributed by atoms with van der Waals surface area (Å²) >= 11 is 0. The molecule has 4 aliphatic rings. The molecule has 0 spiro atoms. The number of cyclic esters (lactones) is 1. The molecule has 1 aromatic carbocycles. The molecule has 4 fully saturated rings. The van der Waals surface area contributed by atoms with Crippen LogP contribution in [0, 0.1) is 23.7 Å². The molecule has 368 valence electrons. The summed E-state index contributed by atoms with van der Waals surface area (Å²) in [6, 6.07) is 8.05. The van der Waals surface area contributed by atoms with Crippen LogP contribution in [-0.2, 0) is 38.0 Å². The molecule has 3 amide bonds. The van der Waals surface area contributed by atoms with Crippen LogP contribution in [0.3, 0.4) is 0 Å². The number of ketones is 1. The average Bonchev–Trinajstić information content (AvgIpc) is 3.96. The predicted octanol–water partition coefficient (Wildman–Crippen LogP) is 5.76. The van der Waals surface area contributed by atoms with E-state index in [1.807, 2.05) is 56.3 Å². The molecule has 0 aliphatic carbocycles. The predicted molar refractivity (Wildman–Crippen MR) is 246 cm³/mol. The van der Waals surface area contributed by atoms with Crippen molar-refractivity contribution in [2.45, 2.75) is 148 Å². The number of likely N-dealkylation sites (tertiary alicyclic amines) is 1. The maximum atomic E-state index is 14.7. The molecule has 0 unspecified atom stereocenters. The maximum absolute atomic E-state index is 14.7. The molecular weight excluding hydrogens is 865 g/mol. The molecule has 18 heteroatoms. The lowest BCUT2D eigenvalue weighted by atomic mass is 9.73. The molecule has 6 rings (SSSR count). The number of Topliss-reactive ketones (excluding diaryl/α,β-unsaturated/α-hetero) is 1. The Labute approximate surface area is 393 Å². The Kier molecular flexibility index (Phi) is 16.7. The van der Waals surface area contributed by atoms with Crippen molar-refractivity contribution in [2.75, 3.05) is 33.7 Å². The van der Waals surface area contributed by atoms with Gasteiger partial charge in [-0.05, 0) is 85.5 Å². The van der Waals surface area contributed by atoms with E-state index in [1.165, 1.54) is 0 Å².